The summed E-state index contributed by atoms with van der Waals surface area (Å²) in [5.74, 6) is 1.11. The lowest BCUT2D eigenvalue weighted by Gasteiger charge is -2.28. The fourth-order valence-electron chi connectivity index (χ4n) is 2.51. The molecule has 0 saturated carbocycles. The van der Waals surface area contributed by atoms with E-state index < -0.39 is 0 Å². The second-order valence-corrected chi connectivity index (χ2v) is 6.04. The van der Waals surface area contributed by atoms with Crippen LogP contribution in [0.1, 0.15) is 18.1 Å². The number of allylic oxidation sites excluding steroid dienone is 3. The van der Waals surface area contributed by atoms with Gasteiger partial charge in [-0.05, 0) is 31.6 Å². The number of carbonyl (C=O) groups excluding carboxylic acids is 1. The molecular formula is C19H23N7O. The molecule has 1 heterocycles. The average Bonchev–Trinajstić information content (AvgIpc) is 2.61. The third-order valence-electron chi connectivity index (χ3n) is 3.82. The van der Waals surface area contributed by atoms with E-state index in [9.17, 15) is 4.79 Å². The molecule has 140 valence electrons. The molecule has 2 rings (SSSR count). The Balaban J connectivity index is 2.55. The van der Waals surface area contributed by atoms with E-state index in [0.29, 0.717) is 23.2 Å². The van der Waals surface area contributed by atoms with Crippen molar-refractivity contribution >= 4 is 36.7 Å². The second kappa shape index (κ2) is 8.70. The van der Waals surface area contributed by atoms with Crippen molar-refractivity contribution in [1.82, 2.24) is 15.2 Å². The van der Waals surface area contributed by atoms with Crippen molar-refractivity contribution in [3.05, 3.63) is 53.4 Å². The number of aldehydes is 1. The van der Waals surface area contributed by atoms with Gasteiger partial charge in [-0.25, -0.2) is 10.4 Å². The van der Waals surface area contributed by atoms with Crippen LogP contribution in [0.15, 0.2) is 62.5 Å². The average molecular weight is 365 g/mol. The maximum absolute atomic E-state index is 10.9. The van der Waals surface area contributed by atoms with Crippen molar-refractivity contribution in [2.24, 2.45) is 20.3 Å². The number of nitrogens with one attached hydrogen (secondary N) is 1. The summed E-state index contributed by atoms with van der Waals surface area (Å²) < 4.78 is 0. The van der Waals surface area contributed by atoms with Crippen LogP contribution in [-0.2, 0) is 4.79 Å². The van der Waals surface area contributed by atoms with E-state index >= 15 is 0 Å². The number of carbonyl (C=O) groups is 1. The van der Waals surface area contributed by atoms with Gasteiger partial charge in [-0.15, -0.1) is 5.10 Å². The van der Waals surface area contributed by atoms with E-state index in [2.05, 4.69) is 34.0 Å². The molecule has 0 bridgehead atoms. The van der Waals surface area contributed by atoms with Gasteiger partial charge in [0.25, 0.3) is 0 Å². The number of hydrazone groups is 1. The van der Waals surface area contributed by atoms with Crippen LogP contribution in [0.3, 0.4) is 0 Å². The highest BCUT2D eigenvalue weighted by molar-refractivity contribution is 6.00. The highest BCUT2D eigenvalue weighted by Crippen LogP contribution is 2.24. The van der Waals surface area contributed by atoms with Crippen LogP contribution in [0.4, 0.5) is 5.69 Å². The molecule has 0 fully saturated rings. The molecule has 0 radical (unpaired) electrons. The quantitative estimate of drug-likeness (QED) is 0.285. The third-order valence-corrected chi connectivity index (χ3v) is 3.82. The number of aryl methyl sites for hydroxylation is 1. The van der Waals surface area contributed by atoms with Crippen molar-refractivity contribution in [1.29, 1.82) is 0 Å². The van der Waals surface area contributed by atoms with Gasteiger partial charge in [0.2, 0.25) is 5.96 Å². The molecular weight excluding hydrogens is 342 g/mol. The van der Waals surface area contributed by atoms with E-state index in [-0.39, 0.29) is 0 Å². The van der Waals surface area contributed by atoms with E-state index in [0.717, 1.165) is 23.1 Å². The topological polar surface area (TPSA) is 85.0 Å². The number of hydrogen-bond acceptors (Lipinski definition) is 5. The molecule has 0 unspecified atom stereocenters. The second-order valence-electron chi connectivity index (χ2n) is 6.04. The Morgan fingerprint density at radius 1 is 1.37 bits per heavy atom. The third kappa shape index (κ3) is 4.55. The predicted octanol–water partition coefficient (Wildman–Crippen LogP) is 2.41. The normalized spacial score (nSPS) is 16.4. The first kappa shape index (κ1) is 19.8. The summed E-state index contributed by atoms with van der Waals surface area (Å²) >= 11 is 0. The fraction of sp³-hybridized carbons (Fsp3) is 0.211. The summed E-state index contributed by atoms with van der Waals surface area (Å²) in [4.78, 5) is 19.1. The molecule has 1 aromatic rings. The number of rotatable bonds is 5. The van der Waals surface area contributed by atoms with Gasteiger partial charge in [0.1, 0.15) is 6.29 Å². The zero-order chi connectivity index (χ0) is 20.0. The molecule has 0 atom stereocenters. The molecule has 0 amide bonds. The minimum absolute atomic E-state index is 0.448. The van der Waals surface area contributed by atoms with Gasteiger partial charge in [0, 0.05) is 32.1 Å². The number of nitrogens with zero attached hydrogens (tertiary/aromatic N) is 6. The molecule has 0 aromatic heterocycles. The summed E-state index contributed by atoms with van der Waals surface area (Å²) in [7, 11) is 3.76. The van der Waals surface area contributed by atoms with E-state index in [1.807, 2.05) is 44.1 Å². The highest BCUT2D eigenvalue weighted by atomic mass is 16.1. The molecule has 1 aliphatic heterocycles. The molecule has 0 spiro atoms. The lowest BCUT2D eigenvalue weighted by molar-refractivity contribution is -0.104. The molecule has 8 heteroatoms. The Bertz CT molecular complexity index is 878. The maximum Gasteiger partial charge on any atom is 0.229 e. The highest BCUT2D eigenvalue weighted by Gasteiger charge is 2.20. The van der Waals surface area contributed by atoms with Gasteiger partial charge in [0.05, 0.1) is 17.6 Å². The summed E-state index contributed by atoms with van der Waals surface area (Å²) in [6, 6.07) is 5.81. The van der Waals surface area contributed by atoms with Gasteiger partial charge in [-0.2, -0.15) is 10.2 Å². The molecule has 0 aliphatic carbocycles. The standard InChI is InChI=1S/C19H23N7O/c1-13-7-8-16(18(23-20-4)25(5)6)11-17(13)22-19-24-21-12-15(3)26(19)14(2)9-10-27/h7-12H,3-4H2,1-2,5-6H3,(H,22,24)/b14-9+,23-18-. The molecule has 1 aliphatic rings. The van der Waals surface area contributed by atoms with Crippen molar-refractivity contribution in [3.63, 3.8) is 0 Å². The van der Waals surface area contributed by atoms with Crippen LogP contribution in [0.25, 0.3) is 0 Å². The number of hydrogen-bond donors (Lipinski definition) is 1. The van der Waals surface area contributed by atoms with Crippen molar-refractivity contribution in [2.75, 3.05) is 14.1 Å². The van der Waals surface area contributed by atoms with Crippen LogP contribution in [0.5, 0.6) is 0 Å². The molecule has 1 aromatic carbocycles. The first-order chi connectivity index (χ1) is 12.9. The Morgan fingerprint density at radius 3 is 2.74 bits per heavy atom. The van der Waals surface area contributed by atoms with Crippen LogP contribution in [0, 0.1) is 6.92 Å². The van der Waals surface area contributed by atoms with Crippen LogP contribution in [-0.4, -0.2) is 54.9 Å². The Labute approximate surface area is 159 Å². The Hall–Kier alpha value is -3.55. The summed E-state index contributed by atoms with van der Waals surface area (Å²) in [5, 5.41) is 11.8. The lowest BCUT2D eigenvalue weighted by Crippen LogP contribution is -2.40. The lowest BCUT2D eigenvalue weighted by atomic mass is 10.1. The minimum atomic E-state index is 0.448. The van der Waals surface area contributed by atoms with E-state index in [4.69, 9.17) is 4.99 Å². The first-order valence-corrected chi connectivity index (χ1v) is 8.20. The van der Waals surface area contributed by atoms with E-state index in [1.165, 1.54) is 6.08 Å². The molecule has 8 nitrogen and oxygen atoms in total. The van der Waals surface area contributed by atoms with Gasteiger partial charge in [-0.1, -0.05) is 18.7 Å². The largest absolute Gasteiger partial charge is 0.361 e. The predicted molar refractivity (Wildman–Crippen MR) is 110 cm³/mol. The minimum Gasteiger partial charge on any atom is -0.361 e. The van der Waals surface area contributed by atoms with Crippen LogP contribution < -0.4 is 5.43 Å². The smallest absolute Gasteiger partial charge is 0.229 e. The first-order valence-electron chi connectivity index (χ1n) is 8.20. The van der Waals surface area contributed by atoms with Gasteiger partial charge < -0.3 is 4.90 Å². The number of guanidine groups is 1. The van der Waals surface area contributed by atoms with Gasteiger partial charge in [0.15, 0.2) is 5.84 Å². The number of aliphatic imine (C=N–C) groups is 1. The van der Waals surface area contributed by atoms with Crippen LogP contribution in [0.2, 0.25) is 0 Å². The van der Waals surface area contributed by atoms with Gasteiger partial charge in [-0.3, -0.25) is 9.69 Å². The summed E-state index contributed by atoms with van der Waals surface area (Å²) in [6.45, 7) is 11.1. The van der Waals surface area contributed by atoms with Crippen molar-refractivity contribution in [2.45, 2.75) is 13.8 Å². The maximum atomic E-state index is 10.9. The van der Waals surface area contributed by atoms with E-state index in [1.54, 1.807) is 18.0 Å². The molecule has 1 N–H and O–H groups in total. The summed E-state index contributed by atoms with van der Waals surface area (Å²) in [6.07, 6.45) is 3.73. The number of benzene rings is 1. The molecule has 0 saturated heterocycles. The zero-order valence-corrected chi connectivity index (χ0v) is 16.0. The van der Waals surface area contributed by atoms with Gasteiger partial charge >= 0.3 is 0 Å². The zero-order valence-electron chi connectivity index (χ0n) is 16.0. The Kier molecular flexibility index (Phi) is 6.37. The van der Waals surface area contributed by atoms with Crippen molar-refractivity contribution < 1.29 is 4.79 Å². The number of amidine groups is 1. The van der Waals surface area contributed by atoms with Crippen molar-refractivity contribution in [3.8, 4) is 0 Å². The summed E-state index contributed by atoms with van der Waals surface area (Å²) in [5.41, 5.74) is 6.68. The van der Waals surface area contributed by atoms with Crippen LogP contribution >= 0.6 is 0 Å². The molecule has 27 heavy (non-hydrogen) atoms. The Morgan fingerprint density at radius 2 is 2.11 bits per heavy atom. The monoisotopic (exact) mass is 365 g/mol. The fourth-order valence-corrected chi connectivity index (χ4v) is 2.51. The SMILES string of the molecule is C=N/N=C(/c1ccc(C)c(N=C2NN=CC(=C)N2/C(C)=C/C=O)c1)N(C)C.